The van der Waals surface area contributed by atoms with Crippen LogP contribution in [0.1, 0.15) is 61.1 Å². The number of nitrogens with one attached hydrogen (secondary N) is 1. The second-order valence-corrected chi connectivity index (χ2v) is 5.96. The highest BCUT2D eigenvalue weighted by atomic mass is 16.2. The maximum absolute atomic E-state index is 12.7. The van der Waals surface area contributed by atoms with Gasteiger partial charge in [-0.25, -0.2) is 0 Å². The molecule has 1 aliphatic carbocycles. The van der Waals surface area contributed by atoms with Crippen molar-refractivity contribution < 1.29 is 4.79 Å². The molecule has 2 fully saturated rings. The first-order chi connectivity index (χ1) is 9.72. The van der Waals surface area contributed by atoms with Crippen molar-refractivity contribution in [1.82, 2.24) is 20.0 Å². The van der Waals surface area contributed by atoms with E-state index >= 15 is 0 Å². The summed E-state index contributed by atoms with van der Waals surface area (Å²) in [5, 5.41) is 7.81. The highest BCUT2D eigenvalue weighted by molar-refractivity contribution is 5.95. The summed E-state index contributed by atoms with van der Waals surface area (Å²) in [7, 11) is 0. The van der Waals surface area contributed by atoms with Gasteiger partial charge in [0.25, 0.3) is 5.91 Å². The van der Waals surface area contributed by atoms with Gasteiger partial charge in [0.15, 0.2) is 0 Å². The Hall–Kier alpha value is -1.36. The number of rotatable bonds is 4. The molecule has 1 amide bonds. The van der Waals surface area contributed by atoms with E-state index < -0.39 is 0 Å². The second-order valence-electron chi connectivity index (χ2n) is 5.96. The topological polar surface area (TPSA) is 50.2 Å². The Bertz CT molecular complexity index is 486. The number of piperazine rings is 1. The molecule has 1 saturated carbocycles. The van der Waals surface area contributed by atoms with E-state index in [9.17, 15) is 4.79 Å². The molecular formula is C15H24N4O. The van der Waals surface area contributed by atoms with E-state index in [0.29, 0.717) is 12.0 Å². The predicted molar refractivity (Wildman–Crippen MR) is 78.0 cm³/mol. The largest absolute Gasteiger partial charge is 0.336 e. The number of aromatic nitrogens is 2. The number of hydrogen-bond acceptors (Lipinski definition) is 3. The van der Waals surface area contributed by atoms with Crippen LogP contribution < -0.4 is 5.32 Å². The lowest BCUT2D eigenvalue weighted by molar-refractivity contribution is 0.0734. The third kappa shape index (κ3) is 2.46. The zero-order valence-corrected chi connectivity index (χ0v) is 12.4. The van der Waals surface area contributed by atoms with Crippen LogP contribution in [0.4, 0.5) is 0 Å². The monoisotopic (exact) mass is 276 g/mol. The van der Waals surface area contributed by atoms with Crippen molar-refractivity contribution in [2.45, 2.75) is 45.1 Å². The third-order valence-corrected chi connectivity index (χ3v) is 4.44. The second kappa shape index (κ2) is 5.56. The molecule has 5 heteroatoms. The highest BCUT2D eigenvalue weighted by Crippen LogP contribution is 2.43. The van der Waals surface area contributed by atoms with Gasteiger partial charge in [-0.15, -0.1) is 0 Å². The van der Waals surface area contributed by atoms with Crippen molar-refractivity contribution in [3.05, 3.63) is 17.5 Å². The molecule has 20 heavy (non-hydrogen) atoms. The van der Waals surface area contributed by atoms with Gasteiger partial charge in [0.05, 0.1) is 17.5 Å². The van der Waals surface area contributed by atoms with Crippen LogP contribution in [0.2, 0.25) is 0 Å². The minimum Gasteiger partial charge on any atom is -0.336 e. The van der Waals surface area contributed by atoms with E-state index in [-0.39, 0.29) is 5.91 Å². The molecule has 5 nitrogen and oxygen atoms in total. The molecule has 1 aromatic heterocycles. The van der Waals surface area contributed by atoms with E-state index in [2.05, 4.69) is 28.9 Å². The lowest BCUT2D eigenvalue weighted by atomic mass is 10.1. The quantitative estimate of drug-likeness (QED) is 0.912. The molecule has 0 bridgehead atoms. The zero-order chi connectivity index (χ0) is 14.1. The maximum Gasteiger partial charge on any atom is 0.257 e. The first-order valence-corrected chi connectivity index (χ1v) is 7.79. The normalized spacial score (nSPS) is 21.0. The number of carbonyl (C=O) groups excluding carboxylic acids is 1. The summed E-state index contributed by atoms with van der Waals surface area (Å²) in [6.45, 7) is 7.74. The Kier molecular flexibility index (Phi) is 3.78. The molecule has 0 radical (unpaired) electrons. The van der Waals surface area contributed by atoms with E-state index in [0.717, 1.165) is 38.2 Å². The van der Waals surface area contributed by atoms with Crippen LogP contribution in [-0.2, 0) is 0 Å². The zero-order valence-electron chi connectivity index (χ0n) is 12.4. The summed E-state index contributed by atoms with van der Waals surface area (Å²) in [4.78, 5) is 14.7. The van der Waals surface area contributed by atoms with Crippen molar-refractivity contribution in [3.8, 4) is 0 Å². The molecule has 0 spiro atoms. The predicted octanol–water partition coefficient (Wildman–Crippen LogP) is 1.78. The van der Waals surface area contributed by atoms with Crippen molar-refractivity contribution in [3.63, 3.8) is 0 Å². The Morgan fingerprint density at radius 2 is 2.15 bits per heavy atom. The molecule has 1 N–H and O–H groups in total. The summed E-state index contributed by atoms with van der Waals surface area (Å²) >= 11 is 0. The van der Waals surface area contributed by atoms with Crippen molar-refractivity contribution in [2.75, 3.05) is 26.2 Å². The Morgan fingerprint density at radius 3 is 2.75 bits per heavy atom. The molecule has 0 unspecified atom stereocenters. The fourth-order valence-electron chi connectivity index (χ4n) is 2.86. The molecule has 1 aliphatic heterocycles. The van der Waals surface area contributed by atoms with E-state index in [4.69, 9.17) is 0 Å². The average molecular weight is 276 g/mol. The Balaban J connectivity index is 1.88. The molecule has 2 heterocycles. The van der Waals surface area contributed by atoms with Crippen LogP contribution in [0.5, 0.6) is 0 Å². The molecule has 0 aromatic carbocycles. The molecular weight excluding hydrogens is 252 g/mol. The molecule has 2 aliphatic rings. The van der Waals surface area contributed by atoms with E-state index in [1.165, 1.54) is 18.5 Å². The van der Waals surface area contributed by atoms with Crippen LogP contribution >= 0.6 is 0 Å². The lowest BCUT2D eigenvalue weighted by Crippen LogP contribution is -2.46. The summed E-state index contributed by atoms with van der Waals surface area (Å²) in [6.07, 6.45) is 5.24. The van der Waals surface area contributed by atoms with Crippen molar-refractivity contribution >= 4 is 5.91 Å². The van der Waals surface area contributed by atoms with Gasteiger partial charge in [-0.2, -0.15) is 5.10 Å². The number of carbonyl (C=O) groups is 1. The van der Waals surface area contributed by atoms with Gasteiger partial charge in [0, 0.05) is 38.1 Å². The van der Waals surface area contributed by atoms with Gasteiger partial charge in [-0.05, 0) is 26.2 Å². The lowest BCUT2D eigenvalue weighted by Gasteiger charge is -2.27. The van der Waals surface area contributed by atoms with E-state index in [1.54, 1.807) is 6.20 Å². The van der Waals surface area contributed by atoms with Crippen molar-refractivity contribution in [1.29, 1.82) is 0 Å². The van der Waals surface area contributed by atoms with Crippen molar-refractivity contribution in [2.24, 2.45) is 0 Å². The third-order valence-electron chi connectivity index (χ3n) is 4.44. The van der Waals surface area contributed by atoms with Gasteiger partial charge in [-0.3, -0.25) is 9.48 Å². The SMILES string of the molecule is CC[C@@H](C)n1ncc(C(=O)N2CCNCC2)c1C1CC1. The summed E-state index contributed by atoms with van der Waals surface area (Å²) < 4.78 is 2.09. The summed E-state index contributed by atoms with van der Waals surface area (Å²) in [5.41, 5.74) is 2.03. The van der Waals surface area contributed by atoms with Crippen LogP contribution in [0.25, 0.3) is 0 Å². The summed E-state index contributed by atoms with van der Waals surface area (Å²) in [6, 6.07) is 0.371. The van der Waals surface area contributed by atoms with Gasteiger partial charge in [0.1, 0.15) is 0 Å². The van der Waals surface area contributed by atoms with E-state index in [1.807, 2.05) is 4.90 Å². The average Bonchev–Trinajstić information content (AvgIpc) is 3.25. The first-order valence-electron chi connectivity index (χ1n) is 7.79. The van der Waals surface area contributed by atoms with Crippen LogP contribution in [0.15, 0.2) is 6.20 Å². The highest BCUT2D eigenvalue weighted by Gasteiger charge is 2.34. The van der Waals surface area contributed by atoms with Crippen LogP contribution in [0, 0.1) is 0 Å². The smallest absolute Gasteiger partial charge is 0.257 e. The minimum atomic E-state index is 0.169. The number of amides is 1. The molecule has 1 saturated heterocycles. The Labute approximate surface area is 120 Å². The van der Waals surface area contributed by atoms with Gasteiger partial charge in [-0.1, -0.05) is 6.92 Å². The minimum absolute atomic E-state index is 0.169. The number of hydrogen-bond donors (Lipinski definition) is 1. The molecule has 110 valence electrons. The standard InChI is InChI=1S/C15H24N4O/c1-3-11(2)19-14(12-4-5-12)13(10-17-19)15(20)18-8-6-16-7-9-18/h10-12,16H,3-9H2,1-2H3/t11-/m1/s1. The molecule has 3 rings (SSSR count). The maximum atomic E-state index is 12.7. The Morgan fingerprint density at radius 1 is 1.45 bits per heavy atom. The van der Waals surface area contributed by atoms with Crippen LogP contribution in [0.3, 0.4) is 0 Å². The summed E-state index contributed by atoms with van der Waals surface area (Å²) in [5.74, 6) is 0.719. The first kappa shape index (κ1) is 13.6. The van der Waals surface area contributed by atoms with Crippen LogP contribution in [-0.4, -0.2) is 46.8 Å². The molecule has 1 atom stereocenters. The van der Waals surface area contributed by atoms with Gasteiger partial charge >= 0.3 is 0 Å². The fourth-order valence-corrected chi connectivity index (χ4v) is 2.86. The van der Waals surface area contributed by atoms with Gasteiger partial charge < -0.3 is 10.2 Å². The molecule has 1 aromatic rings. The fraction of sp³-hybridized carbons (Fsp3) is 0.733. The van der Waals surface area contributed by atoms with Gasteiger partial charge in [0.2, 0.25) is 0 Å². The number of nitrogens with zero attached hydrogens (tertiary/aromatic N) is 3.